The molecule has 2 aromatic heterocycles. The highest BCUT2D eigenvalue weighted by Gasteiger charge is 2.28. The predicted octanol–water partition coefficient (Wildman–Crippen LogP) is 1.10. The maximum absolute atomic E-state index is 12.7. The molecule has 3 heterocycles. The first-order valence-electron chi connectivity index (χ1n) is 9.79. The van der Waals surface area contributed by atoms with Crippen LogP contribution >= 0.6 is 11.3 Å². The zero-order chi connectivity index (χ0) is 22.5. The van der Waals surface area contributed by atoms with E-state index in [9.17, 15) is 14.4 Å². The van der Waals surface area contributed by atoms with E-state index >= 15 is 0 Å². The lowest BCUT2D eigenvalue weighted by atomic mass is 10.1. The van der Waals surface area contributed by atoms with E-state index in [1.807, 2.05) is 4.90 Å². The quantitative estimate of drug-likeness (QED) is 0.657. The van der Waals surface area contributed by atoms with Crippen LogP contribution in [0.25, 0.3) is 0 Å². The molecule has 166 valence electrons. The number of amides is 2. The molecule has 0 saturated carbocycles. The van der Waals surface area contributed by atoms with Gasteiger partial charge in [0.25, 0.3) is 5.91 Å². The number of methoxy groups -OCH3 is 1. The third-order valence-electron chi connectivity index (χ3n) is 4.96. The van der Waals surface area contributed by atoms with Crippen molar-refractivity contribution < 1.29 is 19.1 Å². The largest absolute Gasteiger partial charge is 0.465 e. The molecule has 1 N–H and O–H groups in total. The van der Waals surface area contributed by atoms with Gasteiger partial charge in [-0.05, 0) is 18.6 Å². The molecule has 1 aliphatic rings. The van der Waals surface area contributed by atoms with Crippen LogP contribution in [-0.2, 0) is 9.53 Å². The lowest BCUT2D eigenvalue weighted by molar-refractivity contribution is -0.117. The van der Waals surface area contributed by atoms with E-state index in [1.165, 1.54) is 12.0 Å². The highest BCUT2D eigenvalue weighted by molar-refractivity contribution is 7.18. The number of carbonyl (C=O) groups excluding carboxylic acids is 3. The van der Waals surface area contributed by atoms with Gasteiger partial charge in [0.1, 0.15) is 5.00 Å². The molecule has 0 unspecified atom stereocenters. The summed E-state index contributed by atoms with van der Waals surface area (Å²) >= 11 is 1.09. The van der Waals surface area contributed by atoms with Crippen LogP contribution in [0.5, 0.6) is 0 Å². The van der Waals surface area contributed by atoms with Crippen molar-refractivity contribution in [1.82, 2.24) is 19.8 Å². The smallest absolute Gasteiger partial charge is 0.341 e. The standard InChI is InChI=1S/C20H26N6O4S/c1-13-15(19(29)30-4)17(31-16(13)18(28)24(2)3)23-14(27)12-25-8-10-26(11-9-25)20-21-6-5-7-22-20/h5-7H,8-12H2,1-4H3,(H,23,27). The van der Waals surface area contributed by atoms with Gasteiger partial charge in [0.15, 0.2) is 0 Å². The second kappa shape index (κ2) is 9.84. The molecule has 0 bridgehead atoms. The summed E-state index contributed by atoms with van der Waals surface area (Å²) in [5.41, 5.74) is 0.722. The zero-order valence-electron chi connectivity index (χ0n) is 18.0. The number of nitrogens with zero attached hydrogens (tertiary/aromatic N) is 5. The molecule has 10 nitrogen and oxygen atoms in total. The van der Waals surface area contributed by atoms with Gasteiger partial charge in [0, 0.05) is 52.7 Å². The average molecular weight is 447 g/mol. The highest BCUT2D eigenvalue weighted by Crippen LogP contribution is 2.34. The van der Waals surface area contributed by atoms with Crippen LogP contribution in [0.4, 0.5) is 10.9 Å². The molecule has 0 aliphatic carbocycles. The average Bonchev–Trinajstić information content (AvgIpc) is 3.09. The monoisotopic (exact) mass is 446 g/mol. The summed E-state index contributed by atoms with van der Waals surface area (Å²) in [6, 6.07) is 1.77. The first-order chi connectivity index (χ1) is 14.8. The van der Waals surface area contributed by atoms with E-state index in [4.69, 9.17) is 4.74 Å². The van der Waals surface area contributed by atoms with Crippen molar-refractivity contribution in [2.75, 3.05) is 64.1 Å². The maximum Gasteiger partial charge on any atom is 0.341 e. The number of nitrogens with one attached hydrogen (secondary N) is 1. The minimum atomic E-state index is -0.585. The first-order valence-corrected chi connectivity index (χ1v) is 10.6. The van der Waals surface area contributed by atoms with Gasteiger partial charge in [-0.2, -0.15) is 0 Å². The molecular formula is C20H26N6O4S. The molecule has 1 fully saturated rings. The molecule has 2 amide bonds. The van der Waals surface area contributed by atoms with Crippen molar-refractivity contribution in [2.45, 2.75) is 6.92 Å². The van der Waals surface area contributed by atoms with Crippen molar-refractivity contribution in [3.63, 3.8) is 0 Å². The van der Waals surface area contributed by atoms with Crippen molar-refractivity contribution in [3.05, 3.63) is 34.5 Å². The lowest BCUT2D eigenvalue weighted by Gasteiger charge is -2.34. The molecule has 2 aromatic rings. The number of ether oxygens (including phenoxy) is 1. The second-order valence-corrected chi connectivity index (χ2v) is 8.33. The van der Waals surface area contributed by atoms with Gasteiger partial charge >= 0.3 is 5.97 Å². The molecule has 31 heavy (non-hydrogen) atoms. The molecular weight excluding hydrogens is 420 g/mol. The Labute approximate surface area is 184 Å². The third kappa shape index (κ3) is 5.17. The number of hydrogen-bond donors (Lipinski definition) is 1. The van der Waals surface area contributed by atoms with Gasteiger partial charge in [-0.3, -0.25) is 14.5 Å². The molecule has 3 rings (SSSR count). The second-order valence-electron chi connectivity index (χ2n) is 7.31. The van der Waals surface area contributed by atoms with Crippen molar-refractivity contribution in [1.29, 1.82) is 0 Å². The summed E-state index contributed by atoms with van der Waals surface area (Å²) in [5, 5.41) is 3.13. The fourth-order valence-electron chi connectivity index (χ4n) is 3.29. The van der Waals surface area contributed by atoms with Crippen LogP contribution in [0.15, 0.2) is 18.5 Å². The van der Waals surface area contributed by atoms with Crippen LogP contribution in [0.2, 0.25) is 0 Å². The maximum atomic E-state index is 12.7. The topological polar surface area (TPSA) is 108 Å². The van der Waals surface area contributed by atoms with Gasteiger partial charge in [-0.1, -0.05) is 0 Å². The predicted molar refractivity (Wildman–Crippen MR) is 118 cm³/mol. The van der Waals surface area contributed by atoms with E-state index < -0.39 is 5.97 Å². The van der Waals surface area contributed by atoms with Gasteiger partial charge < -0.3 is 19.9 Å². The number of aromatic nitrogens is 2. The molecule has 0 aromatic carbocycles. The Morgan fingerprint density at radius 2 is 1.81 bits per heavy atom. The Morgan fingerprint density at radius 3 is 2.39 bits per heavy atom. The highest BCUT2D eigenvalue weighted by atomic mass is 32.1. The number of rotatable bonds is 6. The summed E-state index contributed by atoms with van der Waals surface area (Å²) in [7, 11) is 4.55. The molecule has 1 aliphatic heterocycles. The molecule has 0 spiro atoms. The molecule has 11 heteroatoms. The van der Waals surface area contributed by atoms with E-state index in [2.05, 4.69) is 20.2 Å². The fraction of sp³-hybridized carbons (Fsp3) is 0.450. The Balaban J connectivity index is 1.66. The summed E-state index contributed by atoms with van der Waals surface area (Å²) in [6.45, 7) is 4.65. The van der Waals surface area contributed by atoms with Crippen LogP contribution in [0, 0.1) is 6.92 Å². The van der Waals surface area contributed by atoms with Gasteiger partial charge in [-0.25, -0.2) is 14.8 Å². The minimum absolute atomic E-state index is 0.179. The number of thiophene rings is 1. The van der Waals surface area contributed by atoms with Crippen LogP contribution < -0.4 is 10.2 Å². The number of piperazine rings is 1. The Bertz CT molecular complexity index is 954. The zero-order valence-corrected chi connectivity index (χ0v) is 18.9. The summed E-state index contributed by atoms with van der Waals surface area (Å²) in [4.78, 5) is 51.9. The number of hydrogen-bond acceptors (Lipinski definition) is 9. The van der Waals surface area contributed by atoms with E-state index in [-0.39, 0.29) is 23.9 Å². The molecule has 0 radical (unpaired) electrons. The van der Waals surface area contributed by atoms with E-state index in [0.717, 1.165) is 11.3 Å². The van der Waals surface area contributed by atoms with Crippen molar-refractivity contribution in [2.24, 2.45) is 0 Å². The molecule has 0 atom stereocenters. The van der Waals surface area contributed by atoms with E-state index in [0.29, 0.717) is 47.6 Å². The summed E-state index contributed by atoms with van der Waals surface area (Å²) in [5.74, 6) is -0.383. The van der Waals surface area contributed by atoms with Crippen LogP contribution in [0.3, 0.4) is 0 Å². The Kier molecular flexibility index (Phi) is 7.18. The van der Waals surface area contributed by atoms with Gasteiger partial charge in [-0.15, -0.1) is 11.3 Å². The van der Waals surface area contributed by atoms with Crippen molar-refractivity contribution in [3.8, 4) is 0 Å². The van der Waals surface area contributed by atoms with E-state index in [1.54, 1.807) is 39.5 Å². The van der Waals surface area contributed by atoms with Crippen LogP contribution in [0.1, 0.15) is 25.6 Å². The fourth-order valence-corrected chi connectivity index (χ4v) is 4.52. The number of anilines is 2. The molecule has 1 saturated heterocycles. The number of esters is 1. The van der Waals surface area contributed by atoms with Crippen molar-refractivity contribution >= 4 is 40.1 Å². The lowest BCUT2D eigenvalue weighted by Crippen LogP contribution is -2.49. The normalized spacial score (nSPS) is 14.3. The summed E-state index contributed by atoms with van der Waals surface area (Å²) in [6.07, 6.45) is 3.42. The van der Waals surface area contributed by atoms with Gasteiger partial charge in [0.2, 0.25) is 11.9 Å². The number of carbonyl (C=O) groups is 3. The van der Waals surface area contributed by atoms with Crippen LogP contribution in [-0.4, -0.2) is 91.5 Å². The summed E-state index contributed by atoms with van der Waals surface area (Å²) < 4.78 is 4.86. The first kappa shape index (κ1) is 22.6. The Hall–Kier alpha value is -3.05. The Morgan fingerprint density at radius 1 is 1.16 bits per heavy atom. The minimum Gasteiger partial charge on any atom is -0.465 e. The third-order valence-corrected chi connectivity index (χ3v) is 6.16. The van der Waals surface area contributed by atoms with Gasteiger partial charge in [0.05, 0.1) is 24.1 Å². The SMILES string of the molecule is COC(=O)c1c(NC(=O)CN2CCN(c3ncccn3)CC2)sc(C(=O)N(C)C)c1C.